The molecule has 1 aromatic carbocycles. The molecule has 0 amide bonds. The molecule has 5 heteroatoms. The lowest BCUT2D eigenvalue weighted by atomic mass is 10.1. The Kier molecular flexibility index (Phi) is 3.69. The van der Waals surface area contributed by atoms with Gasteiger partial charge >= 0.3 is 0 Å². The van der Waals surface area contributed by atoms with E-state index in [0.717, 1.165) is 31.1 Å². The van der Waals surface area contributed by atoms with Crippen LogP contribution in [0.2, 0.25) is 0 Å². The van der Waals surface area contributed by atoms with Crippen molar-refractivity contribution in [3.63, 3.8) is 0 Å². The number of halogens is 2. The van der Waals surface area contributed by atoms with Gasteiger partial charge in [-0.25, -0.2) is 8.78 Å². The van der Waals surface area contributed by atoms with Gasteiger partial charge in [-0.15, -0.1) is 0 Å². The van der Waals surface area contributed by atoms with Crippen LogP contribution in [-0.2, 0) is 6.54 Å². The second-order valence-corrected chi connectivity index (χ2v) is 4.97. The second-order valence-electron chi connectivity index (χ2n) is 4.97. The van der Waals surface area contributed by atoms with Crippen molar-refractivity contribution in [1.29, 1.82) is 0 Å². The Labute approximate surface area is 116 Å². The second kappa shape index (κ2) is 5.63. The van der Waals surface area contributed by atoms with Crippen LogP contribution < -0.4 is 0 Å². The summed E-state index contributed by atoms with van der Waals surface area (Å²) in [7, 11) is 0. The Hall–Kier alpha value is -1.88. The van der Waals surface area contributed by atoms with Crippen LogP contribution in [0, 0.1) is 11.6 Å². The van der Waals surface area contributed by atoms with Crippen molar-refractivity contribution in [3.05, 3.63) is 59.7 Å². The largest absolute Gasteiger partial charge is 0.290 e. The fourth-order valence-electron chi connectivity index (χ4n) is 2.72. The number of hydrogen-bond acceptors (Lipinski definition) is 3. The summed E-state index contributed by atoms with van der Waals surface area (Å²) in [4.78, 5) is 10.5. The first kappa shape index (κ1) is 13.1. The normalized spacial score (nSPS) is 19.4. The van der Waals surface area contributed by atoms with Gasteiger partial charge in [0.25, 0.3) is 0 Å². The lowest BCUT2D eigenvalue weighted by Gasteiger charge is -2.24. The molecule has 0 aliphatic carbocycles. The minimum absolute atomic E-state index is 0.131. The average molecular weight is 275 g/mol. The third-order valence-electron chi connectivity index (χ3n) is 3.69. The van der Waals surface area contributed by atoms with Gasteiger partial charge in [0.05, 0.1) is 11.7 Å². The van der Waals surface area contributed by atoms with E-state index >= 15 is 0 Å². The van der Waals surface area contributed by atoms with Crippen LogP contribution >= 0.6 is 0 Å². The zero-order valence-electron chi connectivity index (χ0n) is 11.0. The summed E-state index contributed by atoms with van der Waals surface area (Å²) in [6.07, 6.45) is 7.03. The standard InChI is InChI=1S/C15H15F2N3/c16-12-4-1-3-11(15(12)17)10-20-8-2-5-14(20)13-9-18-6-7-19-13/h1,3-4,6-7,9,14H,2,5,8,10H2/t14-/m1/s1. The quantitative estimate of drug-likeness (QED) is 0.862. The molecule has 2 heterocycles. The summed E-state index contributed by atoms with van der Waals surface area (Å²) in [6.45, 7) is 1.25. The third-order valence-corrected chi connectivity index (χ3v) is 3.69. The Morgan fingerprint density at radius 1 is 1.25 bits per heavy atom. The van der Waals surface area contributed by atoms with Crippen LogP contribution in [0.1, 0.15) is 30.1 Å². The molecule has 2 aromatic rings. The van der Waals surface area contributed by atoms with Gasteiger partial charge in [-0.05, 0) is 25.5 Å². The average Bonchev–Trinajstić information content (AvgIpc) is 2.93. The van der Waals surface area contributed by atoms with E-state index in [-0.39, 0.29) is 6.04 Å². The Morgan fingerprint density at radius 2 is 2.15 bits per heavy atom. The van der Waals surface area contributed by atoms with Crippen molar-refractivity contribution in [2.75, 3.05) is 6.54 Å². The molecule has 104 valence electrons. The van der Waals surface area contributed by atoms with Crippen molar-refractivity contribution >= 4 is 0 Å². The van der Waals surface area contributed by atoms with Crippen molar-refractivity contribution in [3.8, 4) is 0 Å². The van der Waals surface area contributed by atoms with E-state index in [4.69, 9.17) is 0 Å². The molecule has 1 atom stereocenters. The van der Waals surface area contributed by atoms with Gasteiger partial charge in [0, 0.05) is 30.7 Å². The number of aromatic nitrogens is 2. The summed E-state index contributed by atoms with van der Waals surface area (Å²) < 4.78 is 27.0. The molecular weight excluding hydrogens is 260 g/mol. The molecule has 0 unspecified atom stereocenters. The summed E-state index contributed by atoms with van der Waals surface area (Å²) in [5, 5.41) is 0. The maximum Gasteiger partial charge on any atom is 0.163 e. The van der Waals surface area contributed by atoms with Gasteiger partial charge in [-0.3, -0.25) is 14.9 Å². The lowest BCUT2D eigenvalue weighted by Crippen LogP contribution is -2.24. The molecule has 1 aromatic heterocycles. The summed E-state index contributed by atoms with van der Waals surface area (Å²) in [5.74, 6) is -1.55. The van der Waals surface area contributed by atoms with E-state index in [0.29, 0.717) is 12.1 Å². The summed E-state index contributed by atoms with van der Waals surface area (Å²) in [6, 6.07) is 4.44. The Bertz CT molecular complexity index is 589. The maximum atomic E-state index is 13.8. The van der Waals surface area contributed by atoms with Crippen molar-refractivity contribution < 1.29 is 8.78 Å². The first-order valence-corrected chi connectivity index (χ1v) is 6.68. The van der Waals surface area contributed by atoms with Crippen molar-refractivity contribution in [2.24, 2.45) is 0 Å². The lowest BCUT2D eigenvalue weighted by molar-refractivity contribution is 0.239. The molecule has 1 saturated heterocycles. The highest BCUT2D eigenvalue weighted by molar-refractivity contribution is 5.19. The predicted octanol–water partition coefficient (Wildman–Crippen LogP) is 3.09. The van der Waals surface area contributed by atoms with E-state index in [9.17, 15) is 8.78 Å². The predicted molar refractivity (Wildman–Crippen MR) is 70.8 cm³/mol. The zero-order valence-corrected chi connectivity index (χ0v) is 11.0. The topological polar surface area (TPSA) is 29.0 Å². The molecular formula is C15H15F2N3. The minimum atomic E-state index is -0.794. The number of hydrogen-bond donors (Lipinski definition) is 0. The van der Waals surface area contributed by atoms with E-state index in [1.807, 2.05) is 0 Å². The first-order valence-electron chi connectivity index (χ1n) is 6.68. The van der Waals surface area contributed by atoms with Crippen LogP contribution in [-0.4, -0.2) is 21.4 Å². The maximum absolute atomic E-state index is 13.8. The molecule has 3 nitrogen and oxygen atoms in total. The fourth-order valence-corrected chi connectivity index (χ4v) is 2.72. The summed E-state index contributed by atoms with van der Waals surface area (Å²) in [5.41, 5.74) is 1.28. The molecule has 3 rings (SSSR count). The third kappa shape index (κ3) is 2.54. The highest BCUT2D eigenvalue weighted by Crippen LogP contribution is 2.32. The van der Waals surface area contributed by atoms with Gasteiger partial charge in [-0.2, -0.15) is 0 Å². The molecule has 1 fully saturated rings. The van der Waals surface area contributed by atoms with Gasteiger partial charge in [0.2, 0.25) is 0 Å². The van der Waals surface area contributed by atoms with Gasteiger partial charge in [0.15, 0.2) is 11.6 Å². The molecule has 1 aliphatic heterocycles. The number of rotatable bonds is 3. The Morgan fingerprint density at radius 3 is 2.95 bits per heavy atom. The SMILES string of the molecule is Fc1cccc(CN2CCC[C@@H]2c2cnccn2)c1F. The molecule has 0 N–H and O–H groups in total. The van der Waals surface area contributed by atoms with Gasteiger partial charge in [-0.1, -0.05) is 12.1 Å². The molecule has 0 radical (unpaired) electrons. The van der Waals surface area contributed by atoms with Crippen LogP contribution in [0.3, 0.4) is 0 Å². The number of likely N-dealkylation sites (tertiary alicyclic amines) is 1. The fraction of sp³-hybridized carbons (Fsp3) is 0.333. The molecule has 20 heavy (non-hydrogen) atoms. The van der Waals surface area contributed by atoms with Gasteiger partial charge in [0.1, 0.15) is 0 Å². The number of nitrogens with zero attached hydrogens (tertiary/aromatic N) is 3. The van der Waals surface area contributed by atoms with Crippen LogP contribution in [0.4, 0.5) is 8.78 Å². The Balaban J connectivity index is 1.81. The highest BCUT2D eigenvalue weighted by Gasteiger charge is 2.28. The monoisotopic (exact) mass is 275 g/mol. The van der Waals surface area contributed by atoms with E-state index < -0.39 is 11.6 Å². The van der Waals surface area contributed by atoms with Crippen LogP contribution in [0.5, 0.6) is 0 Å². The van der Waals surface area contributed by atoms with Crippen molar-refractivity contribution in [1.82, 2.24) is 14.9 Å². The number of benzene rings is 1. The summed E-state index contributed by atoms with van der Waals surface area (Å²) >= 11 is 0. The molecule has 0 spiro atoms. The van der Waals surface area contributed by atoms with Crippen LogP contribution in [0.15, 0.2) is 36.8 Å². The molecule has 0 saturated carbocycles. The van der Waals surface area contributed by atoms with E-state index in [1.165, 1.54) is 0 Å². The van der Waals surface area contributed by atoms with E-state index in [2.05, 4.69) is 14.9 Å². The van der Waals surface area contributed by atoms with Crippen molar-refractivity contribution in [2.45, 2.75) is 25.4 Å². The minimum Gasteiger partial charge on any atom is -0.290 e. The first-order chi connectivity index (χ1) is 9.75. The smallest absolute Gasteiger partial charge is 0.163 e. The molecule has 1 aliphatic rings. The highest BCUT2D eigenvalue weighted by atomic mass is 19.2. The zero-order chi connectivity index (χ0) is 13.9. The van der Waals surface area contributed by atoms with Crippen LogP contribution in [0.25, 0.3) is 0 Å². The van der Waals surface area contributed by atoms with E-state index in [1.54, 1.807) is 30.7 Å². The molecule has 0 bridgehead atoms. The van der Waals surface area contributed by atoms with Gasteiger partial charge < -0.3 is 0 Å².